The van der Waals surface area contributed by atoms with Crippen LogP contribution in [-0.2, 0) is 11.2 Å². The molecular weight excluding hydrogens is 330 g/mol. The maximum Gasteiger partial charge on any atom is 0.320 e. The second-order valence-electron chi connectivity index (χ2n) is 4.45. The molecule has 2 rings (SSSR count). The summed E-state index contributed by atoms with van der Waals surface area (Å²) in [6, 6.07) is 2.18. The molecule has 0 saturated heterocycles. The fourth-order valence-corrected chi connectivity index (χ4v) is 2.66. The Labute approximate surface area is 122 Å². The smallest absolute Gasteiger partial charge is 0.320 e. The average Bonchev–Trinajstić information content (AvgIpc) is 2.65. The number of aryl methyl sites for hydroxylation is 1. The van der Waals surface area contributed by atoms with Gasteiger partial charge in [0.15, 0.2) is 0 Å². The van der Waals surface area contributed by atoms with E-state index >= 15 is 0 Å². The Kier molecular flexibility index (Phi) is 3.78. The lowest BCUT2D eigenvalue weighted by Crippen LogP contribution is -2.32. The van der Waals surface area contributed by atoms with Gasteiger partial charge in [0, 0.05) is 12.1 Å². The molecule has 1 atom stereocenters. The van der Waals surface area contributed by atoms with Crippen molar-refractivity contribution in [1.82, 2.24) is 4.98 Å². The number of rotatable bonds is 4. The van der Waals surface area contributed by atoms with Crippen LogP contribution in [0.2, 0.25) is 0 Å². The van der Waals surface area contributed by atoms with Gasteiger partial charge < -0.3 is 15.8 Å². The molecular formula is C12H12BrN3O4. The Morgan fingerprint density at radius 1 is 1.60 bits per heavy atom. The van der Waals surface area contributed by atoms with Crippen LogP contribution in [-0.4, -0.2) is 27.0 Å². The Morgan fingerprint density at radius 3 is 2.80 bits per heavy atom. The highest BCUT2D eigenvalue weighted by Gasteiger charge is 2.25. The molecule has 0 aliphatic carbocycles. The van der Waals surface area contributed by atoms with Crippen molar-refractivity contribution in [3.05, 3.63) is 38.0 Å². The lowest BCUT2D eigenvalue weighted by Gasteiger charge is -2.07. The van der Waals surface area contributed by atoms with Gasteiger partial charge in [-0.15, -0.1) is 0 Å². The Hall–Kier alpha value is -1.93. The number of H-pyrrole nitrogens is 1. The van der Waals surface area contributed by atoms with Crippen molar-refractivity contribution in [2.24, 2.45) is 5.73 Å². The van der Waals surface area contributed by atoms with Crippen molar-refractivity contribution in [3.63, 3.8) is 0 Å². The van der Waals surface area contributed by atoms with Gasteiger partial charge in [-0.05, 0) is 40.5 Å². The van der Waals surface area contributed by atoms with Crippen molar-refractivity contribution in [2.75, 3.05) is 0 Å². The summed E-state index contributed by atoms with van der Waals surface area (Å²) in [4.78, 5) is 24.6. The second kappa shape index (κ2) is 5.22. The third-order valence-electron chi connectivity index (χ3n) is 3.13. The first kappa shape index (κ1) is 14.5. The summed E-state index contributed by atoms with van der Waals surface area (Å²) in [5, 5.41) is 20.5. The number of fused-ring (bicyclic) bond motifs is 1. The number of nitro benzene ring substituents is 1. The van der Waals surface area contributed by atoms with Gasteiger partial charge in [-0.3, -0.25) is 14.9 Å². The lowest BCUT2D eigenvalue weighted by molar-refractivity contribution is -0.383. The standard InChI is InChI=1S/C12H12BrN3O4/c1-5-6(4-8(14)12(17)18)10-9(15-5)3-2-7(13)11(10)16(19)20/h2-3,8,15H,4,14H2,1H3,(H,17,18). The molecule has 20 heavy (non-hydrogen) atoms. The molecule has 0 spiro atoms. The molecule has 0 fully saturated rings. The van der Waals surface area contributed by atoms with Gasteiger partial charge >= 0.3 is 5.97 Å². The minimum absolute atomic E-state index is 0.0263. The summed E-state index contributed by atoms with van der Waals surface area (Å²) in [6.07, 6.45) is 0.0263. The summed E-state index contributed by atoms with van der Waals surface area (Å²) >= 11 is 3.15. The van der Waals surface area contributed by atoms with Gasteiger partial charge in [-0.1, -0.05) is 0 Å². The number of carboxylic acid groups (broad SMARTS) is 1. The Morgan fingerprint density at radius 2 is 2.25 bits per heavy atom. The number of nitrogens with two attached hydrogens (primary N) is 1. The largest absolute Gasteiger partial charge is 0.480 e. The molecule has 2 aromatic rings. The van der Waals surface area contributed by atoms with Crippen LogP contribution in [0.5, 0.6) is 0 Å². The molecule has 4 N–H and O–H groups in total. The Bertz CT molecular complexity index is 710. The molecule has 1 aromatic carbocycles. The van der Waals surface area contributed by atoms with Gasteiger partial charge in [0.25, 0.3) is 5.69 Å². The van der Waals surface area contributed by atoms with E-state index in [-0.39, 0.29) is 12.1 Å². The zero-order valence-corrected chi connectivity index (χ0v) is 12.1. The molecule has 106 valence electrons. The molecule has 7 nitrogen and oxygen atoms in total. The van der Waals surface area contributed by atoms with Gasteiger partial charge in [0.05, 0.1) is 20.3 Å². The molecule has 0 amide bonds. The highest BCUT2D eigenvalue weighted by molar-refractivity contribution is 9.10. The number of aliphatic carboxylic acids is 1. The first-order valence-corrected chi connectivity index (χ1v) is 6.54. The normalized spacial score (nSPS) is 12.6. The molecule has 0 bridgehead atoms. The van der Waals surface area contributed by atoms with Gasteiger partial charge in [-0.2, -0.15) is 0 Å². The molecule has 0 aliphatic rings. The predicted octanol–water partition coefficient (Wildman–Crippen LogP) is 2.10. The van der Waals surface area contributed by atoms with Crippen LogP contribution in [0.15, 0.2) is 16.6 Å². The third kappa shape index (κ3) is 2.39. The number of halogens is 1. The molecule has 1 unspecified atom stereocenters. The number of nitrogens with zero attached hydrogens (tertiary/aromatic N) is 1. The van der Waals surface area contributed by atoms with Crippen LogP contribution in [0.3, 0.4) is 0 Å². The van der Waals surface area contributed by atoms with Crippen LogP contribution < -0.4 is 5.73 Å². The minimum Gasteiger partial charge on any atom is -0.480 e. The SMILES string of the molecule is Cc1[nH]c2ccc(Br)c([N+](=O)[O-])c2c1CC(N)C(=O)O. The van der Waals surface area contributed by atoms with Crippen molar-refractivity contribution in [1.29, 1.82) is 0 Å². The van der Waals surface area contributed by atoms with Crippen LogP contribution in [0.1, 0.15) is 11.3 Å². The quantitative estimate of drug-likeness (QED) is 0.580. The van der Waals surface area contributed by atoms with E-state index in [1.54, 1.807) is 19.1 Å². The second-order valence-corrected chi connectivity index (χ2v) is 5.31. The number of carboxylic acids is 1. The summed E-state index contributed by atoms with van der Waals surface area (Å²) in [6.45, 7) is 1.74. The third-order valence-corrected chi connectivity index (χ3v) is 3.77. The van der Waals surface area contributed by atoms with Gasteiger partial charge in [-0.25, -0.2) is 0 Å². The first-order valence-electron chi connectivity index (χ1n) is 5.75. The van der Waals surface area contributed by atoms with Crippen LogP contribution in [0, 0.1) is 17.0 Å². The van der Waals surface area contributed by atoms with Crippen molar-refractivity contribution in [2.45, 2.75) is 19.4 Å². The summed E-state index contributed by atoms with van der Waals surface area (Å²) < 4.78 is 0.346. The van der Waals surface area contributed by atoms with Gasteiger partial charge in [0.2, 0.25) is 0 Å². The fourth-order valence-electron chi connectivity index (χ4n) is 2.18. The first-order chi connectivity index (χ1) is 9.32. The van der Waals surface area contributed by atoms with Crippen LogP contribution >= 0.6 is 15.9 Å². The van der Waals surface area contributed by atoms with Crippen molar-refractivity contribution in [3.8, 4) is 0 Å². The number of benzene rings is 1. The van der Waals surface area contributed by atoms with E-state index in [4.69, 9.17) is 10.8 Å². The van der Waals surface area contributed by atoms with E-state index in [9.17, 15) is 14.9 Å². The zero-order valence-electron chi connectivity index (χ0n) is 10.5. The van der Waals surface area contributed by atoms with E-state index in [0.29, 0.717) is 26.6 Å². The average molecular weight is 342 g/mol. The highest BCUT2D eigenvalue weighted by Crippen LogP contribution is 2.37. The van der Waals surface area contributed by atoms with Crippen molar-refractivity contribution < 1.29 is 14.8 Å². The zero-order chi connectivity index (χ0) is 15.0. The minimum atomic E-state index is -1.14. The Balaban J connectivity index is 2.70. The number of nitrogens with one attached hydrogen (secondary N) is 1. The van der Waals surface area contributed by atoms with Gasteiger partial charge in [0.1, 0.15) is 6.04 Å². The molecule has 8 heteroatoms. The summed E-state index contributed by atoms with van der Waals surface area (Å²) in [7, 11) is 0. The van der Waals surface area contributed by atoms with E-state index in [1.807, 2.05) is 0 Å². The number of aromatic amines is 1. The fraction of sp³-hybridized carbons (Fsp3) is 0.250. The van der Waals surface area contributed by atoms with E-state index in [1.165, 1.54) is 0 Å². The van der Waals surface area contributed by atoms with Crippen molar-refractivity contribution >= 4 is 38.5 Å². The highest BCUT2D eigenvalue weighted by atomic mass is 79.9. The lowest BCUT2D eigenvalue weighted by atomic mass is 10.0. The summed E-state index contributed by atoms with van der Waals surface area (Å²) in [5.74, 6) is -1.14. The maximum atomic E-state index is 11.2. The summed E-state index contributed by atoms with van der Waals surface area (Å²) in [5.41, 5.74) is 7.28. The molecule has 0 aliphatic heterocycles. The maximum absolute atomic E-state index is 11.2. The van der Waals surface area contributed by atoms with Crippen LogP contribution in [0.25, 0.3) is 10.9 Å². The number of aromatic nitrogens is 1. The number of hydrogen-bond donors (Lipinski definition) is 3. The molecule has 0 saturated carbocycles. The molecule has 1 heterocycles. The van der Waals surface area contributed by atoms with Crippen LogP contribution in [0.4, 0.5) is 5.69 Å². The topological polar surface area (TPSA) is 122 Å². The number of carbonyl (C=O) groups is 1. The number of hydrogen-bond acceptors (Lipinski definition) is 4. The molecule has 1 aromatic heterocycles. The van der Waals surface area contributed by atoms with E-state index in [0.717, 1.165) is 0 Å². The van der Waals surface area contributed by atoms with E-state index < -0.39 is 16.9 Å². The molecule has 0 radical (unpaired) electrons. The predicted molar refractivity (Wildman–Crippen MR) is 76.7 cm³/mol. The van der Waals surface area contributed by atoms with E-state index in [2.05, 4.69) is 20.9 Å². The number of nitro groups is 1. The monoisotopic (exact) mass is 341 g/mol.